The number of alkyl halides is 2. The van der Waals surface area contributed by atoms with E-state index in [1.165, 1.54) is 12.1 Å². The van der Waals surface area contributed by atoms with Crippen LogP contribution in [0.25, 0.3) is 11.0 Å². The SMILES string of the molecule is CCOC(C)(C)/C=C(\C#N)C(=O)N1CC[C@@H](n2c(NC(=O)c3ccc(C(F)F)s3)nc3cc(CN[C@@H](C)C(C)(C)C)ccc32)C1. The minimum atomic E-state index is -2.66. The molecule has 9 nitrogen and oxygen atoms in total. The molecule has 1 fully saturated rings. The van der Waals surface area contributed by atoms with Crippen molar-refractivity contribution in [1.29, 1.82) is 5.26 Å². The van der Waals surface area contributed by atoms with Gasteiger partial charge in [-0.1, -0.05) is 26.8 Å². The third kappa shape index (κ3) is 8.14. The fraction of sp³-hybridized carbons (Fsp3) is 0.515. The van der Waals surface area contributed by atoms with E-state index in [1.807, 2.05) is 35.8 Å². The summed E-state index contributed by atoms with van der Waals surface area (Å²) in [6.07, 6.45) is -0.549. The molecule has 0 spiro atoms. The number of carbonyl (C=O) groups excluding carboxylic acids is 2. The zero-order valence-electron chi connectivity index (χ0n) is 26.9. The third-order valence-corrected chi connectivity index (χ3v) is 9.22. The van der Waals surface area contributed by atoms with E-state index < -0.39 is 17.9 Å². The van der Waals surface area contributed by atoms with Crippen LogP contribution in [-0.2, 0) is 16.1 Å². The number of nitriles is 1. The van der Waals surface area contributed by atoms with Gasteiger partial charge in [-0.25, -0.2) is 13.8 Å². The van der Waals surface area contributed by atoms with Crippen molar-refractivity contribution in [3.8, 4) is 6.07 Å². The number of nitrogens with zero attached hydrogens (tertiary/aromatic N) is 4. The molecule has 1 aliphatic heterocycles. The molecule has 242 valence electrons. The van der Waals surface area contributed by atoms with Crippen molar-refractivity contribution >= 4 is 40.1 Å². The molecule has 0 saturated carbocycles. The molecule has 2 N–H and O–H groups in total. The van der Waals surface area contributed by atoms with Gasteiger partial charge in [-0.2, -0.15) is 5.26 Å². The number of thiophene rings is 1. The van der Waals surface area contributed by atoms with Crippen molar-refractivity contribution in [2.45, 2.75) is 85.5 Å². The van der Waals surface area contributed by atoms with Crippen molar-refractivity contribution in [2.75, 3.05) is 25.0 Å². The van der Waals surface area contributed by atoms with Crippen molar-refractivity contribution < 1.29 is 23.1 Å². The average molecular weight is 641 g/mol. The number of amides is 2. The monoisotopic (exact) mass is 640 g/mol. The van der Waals surface area contributed by atoms with E-state index in [1.54, 1.807) is 24.8 Å². The lowest BCUT2D eigenvalue weighted by atomic mass is 9.88. The van der Waals surface area contributed by atoms with Crippen LogP contribution < -0.4 is 10.6 Å². The molecule has 0 aliphatic carbocycles. The van der Waals surface area contributed by atoms with Crippen LogP contribution in [0.2, 0.25) is 0 Å². The highest BCUT2D eigenvalue weighted by Crippen LogP contribution is 2.33. The molecule has 45 heavy (non-hydrogen) atoms. The number of carbonyl (C=O) groups is 2. The summed E-state index contributed by atoms with van der Waals surface area (Å²) in [6.45, 7) is 15.9. The van der Waals surface area contributed by atoms with Gasteiger partial charge in [0.2, 0.25) is 5.95 Å². The first-order valence-electron chi connectivity index (χ1n) is 15.1. The van der Waals surface area contributed by atoms with E-state index >= 15 is 0 Å². The standard InChI is InChI=1S/C33H42F2N6O3S/c1-8-44-33(6,7)16-22(17-36)30(43)40-14-13-23(19-40)41-25-10-9-21(18-37-20(2)32(3,4)5)15-24(25)38-31(41)39-29(42)27-12-11-26(45-27)28(34)35/h9-12,15-16,20,23,28,37H,8,13-14,18-19H2,1-7H3,(H,38,39,42)/b22-16+/t20-,23+/m0/s1. The minimum Gasteiger partial charge on any atom is -0.372 e. The summed E-state index contributed by atoms with van der Waals surface area (Å²) in [7, 11) is 0. The molecule has 1 aliphatic rings. The largest absolute Gasteiger partial charge is 0.372 e. The number of aromatic nitrogens is 2. The highest BCUT2D eigenvalue weighted by Gasteiger charge is 2.33. The van der Waals surface area contributed by atoms with Gasteiger partial charge in [0, 0.05) is 32.3 Å². The maximum absolute atomic E-state index is 13.4. The Morgan fingerprint density at radius 2 is 1.96 bits per heavy atom. The molecule has 3 heterocycles. The van der Waals surface area contributed by atoms with Crippen molar-refractivity contribution in [3.05, 3.63) is 57.3 Å². The molecule has 0 radical (unpaired) electrons. The molecule has 1 saturated heterocycles. The van der Waals surface area contributed by atoms with Crippen LogP contribution >= 0.6 is 11.3 Å². The third-order valence-electron chi connectivity index (χ3n) is 8.13. The van der Waals surface area contributed by atoms with Crippen LogP contribution in [0, 0.1) is 16.7 Å². The summed E-state index contributed by atoms with van der Waals surface area (Å²) in [5.74, 6) is -0.659. The molecule has 0 unspecified atom stereocenters. The second-order valence-electron chi connectivity index (χ2n) is 13.0. The van der Waals surface area contributed by atoms with E-state index in [9.17, 15) is 23.6 Å². The van der Waals surface area contributed by atoms with Gasteiger partial charge in [-0.15, -0.1) is 11.3 Å². The summed E-state index contributed by atoms with van der Waals surface area (Å²) >= 11 is 0.737. The lowest BCUT2D eigenvalue weighted by Gasteiger charge is -2.28. The fourth-order valence-electron chi connectivity index (χ4n) is 5.26. The Balaban J connectivity index is 1.65. The highest BCUT2D eigenvalue weighted by atomic mass is 32.1. The quantitative estimate of drug-likeness (QED) is 0.175. The zero-order valence-corrected chi connectivity index (χ0v) is 27.7. The van der Waals surface area contributed by atoms with Crippen LogP contribution in [0.5, 0.6) is 0 Å². The number of imidazole rings is 1. The lowest BCUT2D eigenvalue weighted by Crippen LogP contribution is -2.37. The number of likely N-dealkylation sites (tertiary alicyclic amines) is 1. The lowest BCUT2D eigenvalue weighted by molar-refractivity contribution is -0.126. The van der Waals surface area contributed by atoms with Crippen LogP contribution in [-0.4, -0.2) is 57.6 Å². The molecule has 4 rings (SSSR count). The Hall–Kier alpha value is -3.66. The number of hydrogen-bond acceptors (Lipinski definition) is 7. The van der Waals surface area contributed by atoms with E-state index in [2.05, 4.69) is 38.3 Å². The van der Waals surface area contributed by atoms with Gasteiger partial charge in [-0.05, 0) is 75.4 Å². The molecular weight excluding hydrogens is 598 g/mol. The maximum Gasteiger partial charge on any atom is 0.272 e. The van der Waals surface area contributed by atoms with Crippen LogP contribution in [0.4, 0.5) is 14.7 Å². The van der Waals surface area contributed by atoms with Crippen molar-refractivity contribution in [3.63, 3.8) is 0 Å². The molecule has 1 aromatic carbocycles. The number of hydrogen-bond donors (Lipinski definition) is 2. The second-order valence-corrected chi connectivity index (χ2v) is 14.1. The van der Waals surface area contributed by atoms with Crippen LogP contribution in [0.15, 0.2) is 42.0 Å². The number of anilines is 1. The molecule has 0 bridgehead atoms. The Bertz CT molecular complexity index is 1610. The van der Waals surface area contributed by atoms with Crippen LogP contribution in [0.1, 0.15) is 87.5 Å². The van der Waals surface area contributed by atoms with Gasteiger partial charge >= 0.3 is 0 Å². The predicted octanol–water partition coefficient (Wildman–Crippen LogP) is 6.85. The van der Waals surface area contributed by atoms with Crippen molar-refractivity contribution in [2.24, 2.45) is 5.41 Å². The molecule has 2 aromatic heterocycles. The van der Waals surface area contributed by atoms with Crippen molar-refractivity contribution in [1.82, 2.24) is 19.8 Å². The number of halogens is 2. The molecule has 12 heteroatoms. The Morgan fingerprint density at radius 3 is 2.58 bits per heavy atom. The Kier molecular flexibility index (Phi) is 10.5. The maximum atomic E-state index is 13.4. The molecule has 2 atom stereocenters. The van der Waals surface area contributed by atoms with Gasteiger partial charge in [-0.3, -0.25) is 14.9 Å². The summed E-state index contributed by atoms with van der Waals surface area (Å²) < 4.78 is 34.0. The number of rotatable bonds is 11. The molecular formula is C33H42F2N6O3S. The topological polar surface area (TPSA) is 112 Å². The molecule has 3 aromatic rings. The number of benzene rings is 1. The van der Waals surface area contributed by atoms with E-state index in [-0.39, 0.29) is 44.7 Å². The van der Waals surface area contributed by atoms with Gasteiger partial charge in [0.25, 0.3) is 18.2 Å². The number of ether oxygens (including phenoxy) is 1. The fourth-order valence-corrected chi connectivity index (χ4v) is 6.01. The Labute approximate surface area is 267 Å². The first-order valence-corrected chi connectivity index (χ1v) is 15.9. The smallest absolute Gasteiger partial charge is 0.272 e. The predicted molar refractivity (Wildman–Crippen MR) is 172 cm³/mol. The first-order chi connectivity index (χ1) is 21.1. The summed E-state index contributed by atoms with van der Waals surface area (Å²) in [6, 6.07) is 10.6. The van der Waals surface area contributed by atoms with Gasteiger partial charge in [0.15, 0.2) is 0 Å². The average Bonchev–Trinajstić information content (AvgIpc) is 3.72. The molecule has 2 amide bonds. The van der Waals surface area contributed by atoms with E-state index in [0.717, 1.165) is 22.4 Å². The first kappa shape index (κ1) is 34.2. The summed E-state index contributed by atoms with van der Waals surface area (Å²) in [5, 5.41) is 16.2. The Morgan fingerprint density at radius 1 is 1.22 bits per heavy atom. The van der Waals surface area contributed by atoms with Gasteiger partial charge < -0.3 is 19.5 Å². The summed E-state index contributed by atoms with van der Waals surface area (Å²) in [4.78, 5) is 32.9. The van der Waals surface area contributed by atoms with E-state index in [0.29, 0.717) is 38.2 Å². The van der Waals surface area contributed by atoms with Gasteiger partial charge in [0.1, 0.15) is 11.6 Å². The zero-order chi connectivity index (χ0) is 33.1. The number of nitrogens with one attached hydrogen (secondary N) is 2. The number of fused-ring (bicyclic) bond motifs is 1. The summed E-state index contributed by atoms with van der Waals surface area (Å²) in [5.41, 5.74) is 1.76. The van der Waals surface area contributed by atoms with E-state index in [4.69, 9.17) is 9.72 Å². The minimum absolute atomic E-state index is 0.00673. The van der Waals surface area contributed by atoms with Crippen LogP contribution in [0.3, 0.4) is 0 Å². The second kappa shape index (κ2) is 13.8. The highest BCUT2D eigenvalue weighted by molar-refractivity contribution is 7.14. The van der Waals surface area contributed by atoms with Gasteiger partial charge in [0.05, 0.1) is 32.4 Å². The normalized spacial score (nSPS) is 16.8.